The van der Waals surface area contributed by atoms with Crippen molar-refractivity contribution in [3.05, 3.63) is 72.2 Å². The minimum absolute atomic E-state index is 0.00282. The quantitative estimate of drug-likeness (QED) is 0.137. The average molecular weight is 657 g/mol. The molecule has 1 fully saturated rings. The molecule has 246 valence electrons. The number of unbranched alkanes of at least 4 members (excludes halogenated alkanes) is 3. The fourth-order valence-corrected chi connectivity index (χ4v) is 6.09. The van der Waals surface area contributed by atoms with Gasteiger partial charge in [-0.1, -0.05) is 56.9 Å². The molecule has 46 heavy (non-hydrogen) atoms. The van der Waals surface area contributed by atoms with Gasteiger partial charge in [0.15, 0.2) is 5.82 Å². The van der Waals surface area contributed by atoms with Crippen molar-refractivity contribution in [1.82, 2.24) is 14.5 Å². The van der Waals surface area contributed by atoms with Crippen LogP contribution in [0.2, 0.25) is 0 Å². The van der Waals surface area contributed by atoms with Crippen LogP contribution in [0, 0.1) is 0 Å². The van der Waals surface area contributed by atoms with Crippen molar-refractivity contribution in [1.29, 1.82) is 0 Å². The van der Waals surface area contributed by atoms with E-state index in [-0.39, 0.29) is 30.8 Å². The van der Waals surface area contributed by atoms with Gasteiger partial charge in [0.05, 0.1) is 24.9 Å². The molecule has 3 atom stereocenters. The zero-order valence-electron chi connectivity index (χ0n) is 25.1. The number of ether oxygens (including phenoxy) is 1. The zero-order valence-corrected chi connectivity index (χ0v) is 25.9. The van der Waals surface area contributed by atoms with E-state index in [0.29, 0.717) is 24.2 Å². The van der Waals surface area contributed by atoms with Crippen molar-refractivity contribution >= 4 is 39.7 Å². The number of carbonyl (C=O) groups excluding carboxylic acids is 2. The lowest BCUT2D eigenvalue weighted by Crippen LogP contribution is -2.44. The Labute approximate surface area is 265 Å². The lowest BCUT2D eigenvalue weighted by molar-refractivity contribution is -0.149. The van der Waals surface area contributed by atoms with Crippen LogP contribution in [0.1, 0.15) is 67.4 Å². The van der Waals surface area contributed by atoms with Gasteiger partial charge >= 0.3 is 11.9 Å². The van der Waals surface area contributed by atoms with E-state index in [9.17, 15) is 37.3 Å². The Bertz CT molecular complexity index is 1670. The number of hydrogen-bond acceptors (Lipinski definition) is 8. The third kappa shape index (κ3) is 8.69. The van der Waals surface area contributed by atoms with E-state index < -0.39 is 57.0 Å². The molecule has 0 bridgehead atoms. The lowest BCUT2D eigenvalue weighted by Gasteiger charge is -2.27. The summed E-state index contributed by atoms with van der Waals surface area (Å²) < 4.78 is 40.5. The summed E-state index contributed by atoms with van der Waals surface area (Å²) in [4.78, 5) is 55.0. The summed E-state index contributed by atoms with van der Waals surface area (Å²) in [7, 11) is -4.67. The minimum atomic E-state index is -4.67. The van der Waals surface area contributed by atoms with Crippen LogP contribution in [0.25, 0.3) is 0 Å². The molecule has 2 amide bonds. The second-order valence-corrected chi connectivity index (χ2v) is 12.4. The number of aliphatic carboxylic acids is 2. The largest absolute Gasteiger partial charge is 0.488 e. The maximum absolute atomic E-state index is 14.0. The molecular formula is C31H36N4O10S. The number of nitrogens with zero attached hydrogens (tertiary/aromatic N) is 3. The number of carboxylic acid groups (broad SMARTS) is 2. The summed E-state index contributed by atoms with van der Waals surface area (Å²) in [6, 6.07) is 9.55. The number of aromatic nitrogens is 2. The van der Waals surface area contributed by atoms with Crippen molar-refractivity contribution in [3.8, 4) is 5.75 Å². The van der Waals surface area contributed by atoms with Crippen molar-refractivity contribution in [2.75, 3.05) is 11.9 Å². The molecule has 3 aromatic rings. The van der Waals surface area contributed by atoms with Gasteiger partial charge < -0.3 is 29.7 Å². The molecule has 0 saturated carbocycles. The molecule has 1 aromatic heterocycles. The number of imidazole rings is 1. The summed E-state index contributed by atoms with van der Waals surface area (Å²) in [6.45, 7) is 2.05. The fourth-order valence-electron chi connectivity index (χ4n) is 5.40. The minimum Gasteiger partial charge on any atom is -0.488 e. The number of carbonyl (C=O) groups is 4. The van der Waals surface area contributed by atoms with E-state index in [2.05, 4.69) is 17.2 Å². The first-order valence-electron chi connectivity index (χ1n) is 14.8. The first kappa shape index (κ1) is 34.1. The SMILES string of the molecule is CCCCCC[C@@H](C(=O)N1C[C@H](Oc2ccc(CC(=O)O)cc2)C[C@H]1C(=O)O)n1cnc(NC(=O)c2ccccc2S(=O)(=O)O)c1. The Kier molecular flexibility index (Phi) is 11.1. The molecule has 4 rings (SSSR count). The Morgan fingerprint density at radius 2 is 1.76 bits per heavy atom. The van der Waals surface area contributed by atoms with Gasteiger partial charge in [0.25, 0.3) is 16.0 Å². The second-order valence-electron chi connectivity index (χ2n) is 11.0. The third-order valence-corrected chi connectivity index (χ3v) is 8.55. The van der Waals surface area contributed by atoms with Gasteiger partial charge in [-0.15, -0.1) is 0 Å². The van der Waals surface area contributed by atoms with Crippen molar-refractivity contribution in [2.45, 2.75) is 75.0 Å². The van der Waals surface area contributed by atoms with E-state index in [1.807, 2.05) is 0 Å². The predicted octanol–water partition coefficient (Wildman–Crippen LogP) is 3.65. The Balaban J connectivity index is 1.53. The standard InChI is InChI=1S/C31H36N4O10S/c1-2-3-4-5-9-24(34-18-27(32-19-34)33-29(38)23-8-6-7-10-26(23)46(42,43)44)30(39)35-17-22(16-25(35)31(40)41)45-21-13-11-20(12-14-21)15-28(36)37/h6-8,10-14,18-19,22,24-25H,2-5,9,15-17H2,1H3,(H,33,38)(H,36,37)(H,40,41)(H,42,43,44)/t22-,24+,25+/m1/s1. The Hall–Kier alpha value is -4.76. The van der Waals surface area contributed by atoms with Gasteiger partial charge in [0.2, 0.25) is 5.91 Å². The molecule has 2 heterocycles. The number of anilines is 1. The molecular weight excluding hydrogens is 620 g/mol. The van der Waals surface area contributed by atoms with Crippen LogP contribution in [-0.4, -0.2) is 80.1 Å². The monoisotopic (exact) mass is 656 g/mol. The van der Waals surface area contributed by atoms with Crippen LogP contribution in [0.4, 0.5) is 5.82 Å². The molecule has 1 saturated heterocycles. The van der Waals surface area contributed by atoms with Crippen LogP contribution in [-0.2, 0) is 30.9 Å². The van der Waals surface area contributed by atoms with Gasteiger partial charge in [0.1, 0.15) is 28.8 Å². The van der Waals surface area contributed by atoms with Gasteiger partial charge in [-0.05, 0) is 36.2 Å². The summed E-state index contributed by atoms with van der Waals surface area (Å²) >= 11 is 0. The van der Waals surface area contributed by atoms with Crippen LogP contribution in [0.15, 0.2) is 66.0 Å². The smallest absolute Gasteiger partial charge is 0.326 e. The molecule has 2 aromatic carbocycles. The van der Waals surface area contributed by atoms with E-state index in [1.165, 1.54) is 40.2 Å². The number of hydrogen-bond donors (Lipinski definition) is 4. The van der Waals surface area contributed by atoms with Crippen LogP contribution in [0.3, 0.4) is 0 Å². The molecule has 4 N–H and O–H groups in total. The average Bonchev–Trinajstić information content (AvgIpc) is 3.64. The highest BCUT2D eigenvalue weighted by atomic mass is 32.2. The predicted molar refractivity (Wildman–Crippen MR) is 164 cm³/mol. The van der Waals surface area contributed by atoms with E-state index >= 15 is 0 Å². The number of amides is 2. The number of carboxylic acids is 2. The summed E-state index contributed by atoms with van der Waals surface area (Å²) in [5, 5.41) is 21.5. The summed E-state index contributed by atoms with van der Waals surface area (Å²) in [6.07, 6.45) is 5.81. The highest BCUT2D eigenvalue weighted by Crippen LogP contribution is 2.29. The van der Waals surface area contributed by atoms with E-state index in [1.54, 1.807) is 24.3 Å². The maximum Gasteiger partial charge on any atom is 0.326 e. The fraction of sp³-hybridized carbons (Fsp3) is 0.387. The maximum atomic E-state index is 14.0. The van der Waals surface area contributed by atoms with Crippen molar-refractivity contribution < 1.29 is 47.1 Å². The number of nitrogens with one attached hydrogen (secondary N) is 1. The summed E-state index contributed by atoms with van der Waals surface area (Å²) in [5.41, 5.74) is 0.284. The molecule has 15 heteroatoms. The van der Waals surface area contributed by atoms with E-state index in [4.69, 9.17) is 9.84 Å². The van der Waals surface area contributed by atoms with Gasteiger partial charge in [-0.2, -0.15) is 8.42 Å². The molecule has 0 spiro atoms. The molecule has 1 aliphatic heterocycles. The topological polar surface area (TPSA) is 205 Å². The second kappa shape index (κ2) is 15.0. The number of benzene rings is 2. The highest BCUT2D eigenvalue weighted by molar-refractivity contribution is 7.86. The third-order valence-electron chi connectivity index (χ3n) is 7.64. The lowest BCUT2D eigenvalue weighted by atomic mass is 10.1. The molecule has 0 aliphatic carbocycles. The van der Waals surface area contributed by atoms with Gasteiger partial charge in [-0.25, -0.2) is 9.78 Å². The number of rotatable bonds is 15. The zero-order chi connectivity index (χ0) is 33.4. The van der Waals surface area contributed by atoms with Gasteiger partial charge in [-0.3, -0.25) is 18.9 Å². The first-order valence-corrected chi connectivity index (χ1v) is 16.2. The van der Waals surface area contributed by atoms with Crippen LogP contribution < -0.4 is 10.1 Å². The molecule has 14 nitrogen and oxygen atoms in total. The Morgan fingerprint density at radius 1 is 1.04 bits per heavy atom. The normalized spacial score (nSPS) is 17.0. The van der Waals surface area contributed by atoms with Crippen LogP contribution >= 0.6 is 0 Å². The van der Waals surface area contributed by atoms with Gasteiger partial charge in [0, 0.05) is 12.6 Å². The highest BCUT2D eigenvalue weighted by Gasteiger charge is 2.43. The number of likely N-dealkylation sites (tertiary alicyclic amines) is 1. The first-order chi connectivity index (χ1) is 21.9. The summed E-state index contributed by atoms with van der Waals surface area (Å²) in [5.74, 6) is -3.02. The molecule has 1 aliphatic rings. The van der Waals surface area contributed by atoms with Crippen LogP contribution in [0.5, 0.6) is 5.75 Å². The molecule has 0 unspecified atom stereocenters. The van der Waals surface area contributed by atoms with Crippen molar-refractivity contribution in [2.24, 2.45) is 0 Å². The Morgan fingerprint density at radius 3 is 2.41 bits per heavy atom. The molecule has 0 radical (unpaired) electrons. The van der Waals surface area contributed by atoms with Crippen molar-refractivity contribution in [3.63, 3.8) is 0 Å². The van der Waals surface area contributed by atoms with E-state index in [0.717, 1.165) is 25.3 Å².